The average Bonchev–Trinajstić information content (AvgIpc) is 3.31. The molecule has 2 atom stereocenters. The summed E-state index contributed by atoms with van der Waals surface area (Å²) < 4.78 is 38.7. The van der Waals surface area contributed by atoms with Crippen LogP contribution in [0, 0.1) is 0 Å². The molecule has 1 aromatic carbocycles. The summed E-state index contributed by atoms with van der Waals surface area (Å²) >= 11 is 0. The molecule has 1 aliphatic heterocycles. The quantitative estimate of drug-likeness (QED) is 0.896. The van der Waals surface area contributed by atoms with Crippen molar-refractivity contribution in [3.63, 3.8) is 0 Å². The molecule has 1 amide bonds. The van der Waals surface area contributed by atoms with Crippen molar-refractivity contribution in [1.82, 2.24) is 10.6 Å². The van der Waals surface area contributed by atoms with Crippen molar-refractivity contribution in [2.45, 2.75) is 56.3 Å². The molecule has 23 heavy (non-hydrogen) atoms. The van der Waals surface area contributed by atoms with E-state index in [1.54, 1.807) is 6.07 Å². The van der Waals surface area contributed by atoms with E-state index in [-0.39, 0.29) is 18.0 Å². The van der Waals surface area contributed by atoms with Gasteiger partial charge in [-0.1, -0.05) is 18.2 Å². The molecule has 0 aromatic heterocycles. The van der Waals surface area contributed by atoms with Gasteiger partial charge in [0.25, 0.3) is 0 Å². The molecule has 1 heterocycles. The zero-order valence-electron chi connectivity index (χ0n) is 13.0. The van der Waals surface area contributed by atoms with Crippen molar-refractivity contribution >= 4 is 5.91 Å². The molecule has 3 rings (SSSR count). The summed E-state index contributed by atoms with van der Waals surface area (Å²) in [7, 11) is 0. The van der Waals surface area contributed by atoms with Gasteiger partial charge in [0.15, 0.2) is 0 Å². The van der Waals surface area contributed by atoms with Gasteiger partial charge in [-0.3, -0.25) is 4.79 Å². The summed E-state index contributed by atoms with van der Waals surface area (Å²) in [6, 6.07) is 5.41. The smallest absolute Gasteiger partial charge is 0.351 e. The van der Waals surface area contributed by atoms with Crippen LogP contribution in [0.2, 0.25) is 0 Å². The molecular formula is C17H21F3N2O. The van der Waals surface area contributed by atoms with Gasteiger partial charge >= 0.3 is 6.18 Å². The van der Waals surface area contributed by atoms with Crippen LogP contribution in [-0.2, 0) is 16.4 Å². The van der Waals surface area contributed by atoms with Crippen LogP contribution in [0.4, 0.5) is 13.2 Å². The molecule has 2 unspecified atom stereocenters. The van der Waals surface area contributed by atoms with E-state index in [0.29, 0.717) is 18.4 Å². The van der Waals surface area contributed by atoms with E-state index in [4.69, 9.17) is 0 Å². The van der Waals surface area contributed by atoms with Crippen LogP contribution in [0.3, 0.4) is 0 Å². The maximum Gasteiger partial charge on any atom is 0.416 e. The summed E-state index contributed by atoms with van der Waals surface area (Å²) in [5.74, 6) is -0.141. The van der Waals surface area contributed by atoms with Crippen LogP contribution in [0.25, 0.3) is 0 Å². The molecule has 1 aromatic rings. The Kier molecular flexibility index (Phi) is 4.12. The highest BCUT2D eigenvalue weighted by molar-refractivity contribution is 5.91. The maximum atomic E-state index is 12.9. The lowest BCUT2D eigenvalue weighted by Crippen LogP contribution is -2.54. The number of nitrogens with one attached hydrogen (secondary N) is 2. The summed E-state index contributed by atoms with van der Waals surface area (Å²) in [5, 5.41) is 6.36. The zero-order valence-corrected chi connectivity index (χ0v) is 13.0. The summed E-state index contributed by atoms with van der Waals surface area (Å²) in [5.41, 5.74) is -0.999. The number of amides is 1. The maximum absolute atomic E-state index is 12.9. The highest BCUT2D eigenvalue weighted by atomic mass is 19.4. The third kappa shape index (κ3) is 3.22. The van der Waals surface area contributed by atoms with Gasteiger partial charge < -0.3 is 10.6 Å². The van der Waals surface area contributed by atoms with Crippen LogP contribution in [0.5, 0.6) is 0 Å². The number of carbonyl (C=O) groups excluding carboxylic acids is 1. The monoisotopic (exact) mass is 326 g/mol. The first kappa shape index (κ1) is 16.3. The topological polar surface area (TPSA) is 41.1 Å². The minimum Gasteiger partial charge on any atom is -0.351 e. The van der Waals surface area contributed by atoms with Gasteiger partial charge in [-0.25, -0.2) is 0 Å². The minimum absolute atomic E-state index is 0.0412. The van der Waals surface area contributed by atoms with E-state index in [1.807, 2.05) is 6.92 Å². The fourth-order valence-corrected chi connectivity index (χ4v) is 3.31. The molecule has 2 N–H and O–H groups in total. The highest BCUT2D eigenvalue weighted by Crippen LogP contribution is 2.49. The third-order valence-electron chi connectivity index (χ3n) is 5.01. The molecule has 2 fully saturated rings. The zero-order chi connectivity index (χ0) is 16.7. The summed E-state index contributed by atoms with van der Waals surface area (Å²) in [6.07, 6.45) is -1.28. The summed E-state index contributed by atoms with van der Waals surface area (Å²) in [4.78, 5) is 12.7. The SMILES string of the molecule is CC1NCCCC1NC(=O)C1(c2cccc(C(F)(F)F)c2)CC1. The molecule has 1 aliphatic carbocycles. The van der Waals surface area contributed by atoms with Gasteiger partial charge in [-0.15, -0.1) is 0 Å². The average molecular weight is 326 g/mol. The second-order valence-corrected chi connectivity index (χ2v) is 6.63. The third-order valence-corrected chi connectivity index (χ3v) is 5.01. The Morgan fingerprint density at radius 1 is 1.35 bits per heavy atom. The predicted octanol–water partition coefficient (Wildman–Crippen LogP) is 2.99. The Hall–Kier alpha value is -1.56. The van der Waals surface area contributed by atoms with E-state index in [1.165, 1.54) is 6.07 Å². The van der Waals surface area contributed by atoms with Crippen LogP contribution in [-0.4, -0.2) is 24.5 Å². The lowest BCUT2D eigenvalue weighted by atomic mass is 9.91. The van der Waals surface area contributed by atoms with E-state index < -0.39 is 17.2 Å². The van der Waals surface area contributed by atoms with Gasteiger partial charge in [-0.2, -0.15) is 13.2 Å². The molecule has 3 nitrogen and oxygen atoms in total. The number of hydrogen-bond donors (Lipinski definition) is 2. The van der Waals surface area contributed by atoms with Gasteiger partial charge in [0, 0.05) is 12.1 Å². The first-order valence-electron chi connectivity index (χ1n) is 8.05. The summed E-state index contributed by atoms with van der Waals surface area (Å²) in [6.45, 7) is 2.96. The second kappa shape index (κ2) is 5.82. The lowest BCUT2D eigenvalue weighted by Gasteiger charge is -2.32. The number of benzene rings is 1. The molecule has 126 valence electrons. The van der Waals surface area contributed by atoms with Crippen LogP contribution in [0.1, 0.15) is 43.7 Å². The molecule has 1 saturated heterocycles. The first-order valence-corrected chi connectivity index (χ1v) is 8.05. The fourth-order valence-electron chi connectivity index (χ4n) is 3.31. The number of piperidine rings is 1. The Morgan fingerprint density at radius 3 is 2.70 bits per heavy atom. The Morgan fingerprint density at radius 2 is 2.09 bits per heavy atom. The number of rotatable bonds is 3. The molecule has 0 spiro atoms. The molecule has 0 bridgehead atoms. The number of carbonyl (C=O) groups is 1. The van der Waals surface area contributed by atoms with Crippen molar-refractivity contribution < 1.29 is 18.0 Å². The normalized spacial score (nSPS) is 26.6. The van der Waals surface area contributed by atoms with E-state index in [0.717, 1.165) is 31.5 Å². The number of hydrogen-bond acceptors (Lipinski definition) is 2. The Bertz CT molecular complexity index is 596. The van der Waals surface area contributed by atoms with Crippen molar-refractivity contribution in [2.24, 2.45) is 0 Å². The largest absolute Gasteiger partial charge is 0.416 e. The first-order chi connectivity index (χ1) is 10.8. The number of halogens is 3. The van der Waals surface area contributed by atoms with Crippen LogP contribution in [0.15, 0.2) is 24.3 Å². The molecule has 2 aliphatic rings. The Balaban J connectivity index is 1.78. The van der Waals surface area contributed by atoms with Gasteiger partial charge in [0.1, 0.15) is 0 Å². The van der Waals surface area contributed by atoms with Gasteiger partial charge in [0.05, 0.1) is 11.0 Å². The van der Waals surface area contributed by atoms with Crippen molar-refractivity contribution in [2.75, 3.05) is 6.54 Å². The highest BCUT2D eigenvalue weighted by Gasteiger charge is 2.52. The fraction of sp³-hybridized carbons (Fsp3) is 0.588. The van der Waals surface area contributed by atoms with Crippen molar-refractivity contribution in [1.29, 1.82) is 0 Å². The molecule has 6 heteroatoms. The van der Waals surface area contributed by atoms with Crippen molar-refractivity contribution in [3.05, 3.63) is 35.4 Å². The lowest BCUT2D eigenvalue weighted by molar-refractivity contribution is -0.137. The van der Waals surface area contributed by atoms with Gasteiger partial charge in [-0.05, 0) is 50.8 Å². The Labute approximate surface area is 133 Å². The number of alkyl halides is 3. The molecule has 1 saturated carbocycles. The standard InChI is InChI=1S/C17H21F3N2O/c1-11-14(6-3-9-21-11)22-15(23)16(7-8-16)12-4-2-5-13(10-12)17(18,19)20/h2,4-5,10-11,14,21H,3,6-9H2,1H3,(H,22,23). The van der Waals surface area contributed by atoms with Crippen molar-refractivity contribution in [3.8, 4) is 0 Å². The van der Waals surface area contributed by atoms with Gasteiger partial charge in [0.2, 0.25) is 5.91 Å². The molecule has 0 radical (unpaired) electrons. The predicted molar refractivity (Wildman–Crippen MR) is 81.0 cm³/mol. The molecular weight excluding hydrogens is 305 g/mol. The minimum atomic E-state index is -4.38. The van der Waals surface area contributed by atoms with E-state index in [9.17, 15) is 18.0 Å². The van der Waals surface area contributed by atoms with E-state index >= 15 is 0 Å². The van der Waals surface area contributed by atoms with Crippen LogP contribution >= 0.6 is 0 Å². The van der Waals surface area contributed by atoms with Crippen LogP contribution < -0.4 is 10.6 Å². The van der Waals surface area contributed by atoms with E-state index in [2.05, 4.69) is 10.6 Å². The second-order valence-electron chi connectivity index (χ2n) is 6.63.